The number of halogens is 1. The summed E-state index contributed by atoms with van der Waals surface area (Å²) in [5.74, 6) is -1.57. The maximum atomic E-state index is 11.4. The molecule has 6 heteroatoms. The number of carbonyl (C=O) groups is 2. The molecular weight excluding hydrogens is 246 g/mol. The Morgan fingerprint density at radius 1 is 1.24 bits per heavy atom. The molecule has 0 fully saturated rings. The van der Waals surface area contributed by atoms with Crippen LogP contribution in [0.5, 0.6) is 0 Å². The molecule has 0 aliphatic heterocycles. The summed E-state index contributed by atoms with van der Waals surface area (Å²) in [6.45, 7) is 1.89. The van der Waals surface area contributed by atoms with E-state index in [0.29, 0.717) is 5.56 Å². The third-order valence-electron chi connectivity index (χ3n) is 1.85. The smallest absolute Gasteiger partial charge is 0.372 e. The Hall–Kier alpha value is -1.88. The van der Waals surface area contributed by atoms with Gasteiger partial charge in [0.1, 0.15) is 0 Å². The van der Waals surface area contributed by atoms with E-state index in [1.54, 1.807) is 24.3 Å². The molecule has 0 saturated heterocycles. The van der Waals surface area contributed by atoms with Gasteiger partial charge in [-0.3, -0.25) is 0 Å². The zero-order valence-electron chi connectivity index (χ0n) is 9.27. The van der Waals surface area contributed by atoms with Crippen LogP contribution < -0.4 is 0 Å². The van der Waals surface area contributed by atoms with E-state index in [2.05, 4.69) is 14.7 Å². The van der Waals surface area contributed by atoms with E-state index in [0.717, 1.165) is 12.7 Å². The van der Waals surface area contributed by atoms with Crippen molar-refractivity contribution >= 4 is 28.7 Å². The Balaban J connectivity index is 2.67. The first kappa shape index (κ1) is 13.2. The van der Waals surface area contributed by atoms with E-state index >= 15 is 0 Å². The first-order chi connectivity index (χ1) is 8.04. The van der Waals surface area contributed by atoms with Gasteiger partial charge in [-0.15, -0.1) is 0 Å². The monoisotopic (exact) mass is 255 g/mol. The Bertz CT molecular complexity index is 453. The highest BCUT2D eigenvalue weighted by atomic mass is 35.5. The largest absolute Gasteiger partial charge is 0.464 e. The summed E-state index contributed by atoms with van der Waals surface area (Å²) in [6, 6.07) is 6.67. The highest BCUT2D eigenvalue weighted by Crippen LogP contribution is 2.05. The molecule has 1 aromatic rings. The van der Waals surface area contributed by atoms with Gasteiger partial charge in [-0.1, -0.05) is 34.5 Å². The lowest BCUT2D eigenvalue weighted by Crippen LogP contribution is -2.11. The molecule has 0 unspecified atom stereocenters. The second-order valence-electron chi connectivity index (χ2n) is 3.12. The fourth-order valence-electron chi connectivity index (χ4n) is 0.945. The maximum absolute atomic E-state index is 11.4. The molecule has 1 rings (SSSR count). The molecule has 0 aliphatic carbocycles. The third kappa shape index (κ3) is 3.88. The van der Waals surface area contributed by atoms with Gasteiger partial charge in [0.15, 0.2) is 0 Å². The number of aryl methyl sites for hydroxylation is 1. The van der Waals surface area contributed by atoms with E-state index in [1.807, 2.05) is 6.92 Å². The quantitative estimate of drug-likeness (QED) is 0.358. The normalized spacial score (nSPS) is 10.9. The molecule has 0 bridgehead atoms. The molecule has 0 saturated carbocycles. The second-order valence-corrected chi connectivity index (χ2v) is 3.48. The number of hydrogen-bond donors (Lipinski definition) is 0. The van der Waals surface area contributed by atoms with Crippen molar-refractivity contribution < 1.29 is 19.2 Å². The van der Waals surface area contributed by atoms with Crippen molar-refractivity contribution in [3.8, 4) is 0 Å². The molecule has 0 amide bonds. The number of hydrogen-bond acceptors (Lipinski definition) is 5. The number of oxime groups is 1. The molecule has 0 N–H and O–H groups in total. The molecular formula is C11H10ClNO4. The van der Waals surface area contributed by atoms with Crippen LogP contribution in [-0.2, 0) is 14.4 Å². The van der Waals surface area contributed by atoms with Gasteiger partial charge in [0, 0.05) is 0 Å². The lowest BCUT2D eigenvalue weighted by atomic mass is 10.2. The van der Waals surface area contributed by atoms with Gasteiger partial charge in [-0.2, -0.15) is 0 Å². The summed E-state index contributed by atoms with van der Waals surface area (Å²) >= 11 is 5.39. The van der Waals surface area contributed by atoms with Gasteiger partial charge in [-0.05, 0) is 19.1 Å². The van der Waals surface area contributed by atoms with Crippen molar-refractivity contribution in [1.82, 2.24) is 0 Å². The van der Waals surface area contributed by atoms with Crippen molar-refractivity contribution in [2.45, 2.75) is 6.92 Å². The summed E-state index contributed by atoms with van der Waals surface area (Å²) in [7, 11) is 1.14. The van der Waals surface area contributed by atoms with Crippen LogP contribution in [-0.4, -0.2) is 24.2 Å². The van der Waals surface area contributed by atoms with Crippen molar-refractivity contribution in [2.75, 3.05) is 7.11 Å². The first-order valence-electron chi connectivity index (χ1n) is 4.64. The average molecular weight is 256 g/mol. The van der Waals surface area contributed by atoms with Crippen molar-refractivity contribution in [2.24, 2.45) is 5.16 Å². The first-order valence-corrected chi connectivity index (χ1v) is 5.02. The van der Waals surface area contributed by atoms with E-state index in [1.165, 1.54) is 0 Å². The number of benzene rings is 1. The van der Waals surface area contributed by atoms with Crippen molar-refractivity contribution in [3.05, 3.63) is 35.4 Å². The van der Waals surface area contributed by atoms with E-state index < -0.39 is 17.1 Å². The van der Waals surface area contributed by atoms with Gasteiger partial charge >= 0.3 is 11.9 Å². The Labute approximate surface area is 103 Å². The maximum Gasteiger partial charge on any atom is 0.372 e. The Morgan fingerprint density at radius 2 is 1.82 bits per heavy atom. The Kier molecular flexibility index (Phi) is 4.66. The zero-order valence-corrected chi connectivity index (χ0v) is 10.0. The molecule has 0 radical (unpaired) electrons. The van der Waals surface area contributed by atoms with Gasteiger partial charge in [0.2, 0.25) is 0 Å². The van der Waals surface area contributed by atoms with E-state index in [4.69, 9.17) is 11.6 Å². The number of rotatable bonds is 3. The summed E-state index contributed by atoms with van der Waals surface area (Å²) in [5.41, 5.74) is 1.33. The minimum absolute atomic E-state index is 0.314. The number of ether oxygens (including phenoxy) is 1. The molecule has 0 spiro atoms. The van der Waals surface area contributed by atoms with E-state index in [9.17, 15) is 9.59 Å². The molecule has 0 aromatic heterocycles. The predicted octanol–water partition coefficient (Wildman–Crippen LogP) is 1.88. The minimum Gasteiger partial charge on any atom is -0.464 e. The minimum atomic E-state index is -0.872. The molecule has 0 aliphatic rings. The van der Waals surface area contributed by atoms with Crippen molar-refractivity contribution in [3.63, 3.8) is 0 Å². The van der Waals surface area contributed by atoms with E-state index in [-0.39, 0.29) is 0 Å². The standard InChI is InChI=1S/C11H10ClNO4/c1-7-3-5-8(6-4-7)10(14)17-13-9(12)11(15)16-2/h3-6H,1-2H3. The van der Waals surface area contributed by atoms with Crippen molar-refractivity contribution in [1.29, 1.82) is 0 Å². The molecule has 90 valence electrons. The molecule has 17 heavy (non-hydrogen) atoms. The fourth-order valence-corrected chi connectivity index (χ4v) is 1.06. The lowest BCUT2D eigenvalue weighted by Gasteiger charge is -1.99. The third-order valence-corrected chi connectivity index (χ3v) is 2.07. The van der Waals surface area contributed by atoms with Crippen LogP contribution in [0, 0.1) is 6.92 Å². The van der Waals surface area contributed by atoms with Crippen LogP contribution in [0.3, 0.4) is 0 Å². The van der Waals surface area contributed by atoms with Crippen LogP contribution in [0.4, 0.5) is 0 Å². The average Bonchev–Trinajstić information content (AvgIpc) is 2.35. The number of methoxy groups -OCH3 is 1. The highest BCUT2D eigenvalue weighted by Gasteiger charge is 2.11. The predicted molar refractivity (Wildman–Crippen MR) is 61.9 cm³/mol. The van der Waals surface area contributed by atoms with Crippen LogP contribution in [0.1, 0.15) is 15.9 Å². The molecule has 5 nitrogen and oxygen atoms in total. The number of esters is 1. The highest BCUT2D eigenvalue weighted by molar-refractivity contribution is 6.81. The zero-order chi connectivity index (χ0) is 12.8. The summed E-state index contributed by atoms with van der Waals surface area (Å²) in [5, 5.41) is 2.60. The van der Waals surface area contributed by atoms with Gasteiger partial charge < -0.3 is 9.57 Å². The summed E-state index contributed by atoms with van der Waals surface area (Å²) < 4.78 is 4.27. The summed E-state index contributed by atoms with van der Waals surface area (Å²) in [6.07, 6.45) is 0. The van der Waals surface area contributed by atoms with Crippen LogP contribution in [0.25, 0.3) is 0 Å². The van der Waals surface area contributed by atoms with Gasteiger partial charge in [-0.25, -0.2) is 9.59 Å². The fraction of sp³-hybridized carbons (Fsp3) is 0.182. The number of carbonyl (C=O) groups excluding carboxylic acids is 2. The topological polar surface area (TPSA) is 65.0 Å². The molecule has 0 heterocycles. The lowest BCUT2D eigenvalue weighted by molar-refractivity contribution is -0.132. The number of nitrogens with zero attached hydrogens (tertiary/aromatic N) is 1. The molecule has 1 aromatic carbocycles. The van der Waals surface area contributed by atoms with Crippen LogP contribution >= 0.6 is 11.6 Å². The molecule has 0 atom stereocenters. The second kappa shape index (κ2) is 6.00. The summed E-state index contributed by atoms with van der Waals surface area (Å²) in [4.78, 5) is 26.7. The van der Waals surface area contributed by atoms with Gasteiger partial charge in [0.25, 0.3) is 5.17 Å². The van der Waals surface area contributed by atoms with Crippen LogP contribution in [0.15, 0.2) is 29.4 Å². The van der Waals surface area contributed by atoms with Crippen LogP contribution in [0.2, 0.25) is 0 Å². The Morgan fingerprint density at radius 3 is 2.35 bits per heavy atom. The SMILES string of the molecule is COC(=O)C(Cl)=NOC(=O)c1ccc(C)cc1. The van der Waals surface area contributed by atoms with Gasteiger partial charge in [0.05, 0.1) is 12.7 Å².